The summed E-state index contributed by atoms with van der Waals surface area (Å²) in [6, 6.07) is 8.23. The van der Waals surface area contributed by atoms with E-state index >= 15 is 0 Å². The normalized spacial score (nSPS) is 15.9. The number of piperazine rings is 1. The second-order valence-corrected chi connectivity index (χ2v) is 4.30. The van der Waals surface area contributed by atoms with Crippen LogP contribution in [0, 0.1) is 5.82 Å². The van der Waals surface area contributed by atoms with Crippen molar-refractivity contribution in [3.05, 3.63) is 36.1 Å². The third-order valence-electron chi connectivity index (χ3n) is 3.05. The minimum Gasteiger partial charge on any atom is -0.338 e. The van der Waals surface area contributed by atoms with Gasteiger partial charge in [0, 0.05) is 37.8 Å². The first-order valence-corrected chi connectivity index (χ1v) is 6.01. The molecule has 1 saturated heterocycles. The van der Waals surface area contributed by atoms with E-state index in [2.05, 4.69) is 15.4 Å². The van der Waals surface area contributed by atoms with Crippen molar-refractivity contribution in [1.82, 2.24) is 10.5 Å². The zero-order valence-corrected chi connectivity index (χ0v) is 9.90. The van der Waals surface area contributed by atoms with Crippen molar-refractivity contribution in [3.63, 3.8) is 0 Å². The van der Waals surface area contributed by atoms with E-state index < -0.39 is 0 Å². The minimum absolute atomic E-state index is 0.265. The van der Waals surface area contributed by atoms with Crippen molar-refractivity contribution < 1.29 is 8.91 Å². The summed E-state index contributed by atoms with van der Waals surface area (Å²) in [7, 11) is 0. The molecular formula is C13H14FN3O. The highest BCUT2D eigenvalue weighted by Crippen LogP contribution is 2.24. The molecule has 0 unspecified atom stereocenters. The molecule has 2 heterocycles. The molecule has 1 fully saturated rings. The van der Waals surface area contributed by atoms with Crippen LogP contribution in [0.2, 0.25) is 0 Å². The highest BCUT2D eigenvalue weighted by atomic mass is 19.1. The Morgan fingerprint density at radius 1 is 1.22 bits per heavy atom. The summed E-state index contributed by atoms with van der Waals surface area (Å²) >= 11 is 0. The third kappa shape index (κ3) is 2.22. The molecule has 1 N–H and O–H groups in total. The average Bonchev–Trinajstić information content (AvgIpc) is 2.89. The summed E-state index contributed by atoms with van der Waals surface area (Å²) in [6.07, 6.45) is 0. The van der Waals surface area contributed by atoms with E-state index in [1.807, 2.05) is 12.1 Å². The monoisotopic (exact) mass is 247 g/mol. The average molecular weight is 247 g/mol. The van der Waals surface area contributed by atoms with Crippen LogP contribution < -0.4 is 10.2 Å². The van der Waals surface area contributed by atoms with Crippen molar-refractivity contribution in [2.24, 2.45) is 0 Å². The number of halogens is 1. The van der Waals surface area contributed by atoms with Crippen LogP contribution in [0.4, 0.5) is 10.3 Å². The van der Waals surface area contributed by atoms with Gasteiger partial charge in [0.25, 0.3) is 0 Å². The first-order chi connectivity index (χ1) is 8.83. The first kappa shape index (κ1) is 11.2. The lowest BCUT2D eigenvalue weighted by atomic mass is 10.1. The molecule has 0 bridgehead atoms. The van der Waals surface area contributed by atoms with E-state index in [0.29, 0.717) is 5.69 Å². The molecule has 18 heavy (non-hydrogen) atoms. The number of nitrogens with zero attached hydrogens (tertiary/aromatic N) is 2. The second-order valence-electron chi connectivity index (χ2n) is 4.30. The lowest BCUT2D eigenvalue weighted by Gasteiger charge is -2.25. The quantitative estimate of drug-likeness (QED) is 0.880. The van der Waals surface area contributed by atoms with Gasteiger partial charge in [-0.15, -0.1) is 0 Å². The molecule has 4 nitrogen and oxygen atoms in total. The Kier molecular flexibility index (Phi) is 2.98. The Morgan fingerprint density at radius 2 is 2.06 bits per heavy atom. The summed E-state index contributed by atoms with van der Waals surface area (Å²) in [6.45, 7) is 3.68. The van der Waals surface area contributed by atoms with Gasteiger partial charge in [-0.3, -0.25) is 0 Å². The Hall–Kier alpha value is -1.88. The second kappa shape index (κ2) is 4.78. The highest BCUT2D eigenvalue weighted by molar-refractivity contribution is 5.62. The fourth-order valence-electron chi connectivity index (χ4n) is 2.08. The number of hydrogen-bond acceptors (Lipinski definition) is 4. The van der Waals surface area contributed by atoms with Crippen LogP contribution in [0.5, 0.6) is 0 Å². The predicted molar refractivity (Wildman–Crippen MR) is 67.0 cm³/mol. The molecule has 1 aliphatic heterocycles. The van der Waals surface area contributed by atoms with Crippen LogP contribution >= 0.6 is 0 Å². The molecule has 0 aliphatic carbocycles. The van der Waals surface area contributed by atoms with Crippen LogP contribution in [0.1, 0.15) is 0 Å². The van der Waals surface area contributed by atoms with Crippen LogP contribution in [0.15, 0.2) is 34.9 Å². The van der Waals surface area contributed by atoms with Gasteiger partial charge < -0.3 is 14.7 Å². The molecule has 94 valence electrons. The Morgan fingerprint density at radius 3 is 2.83 bits per heavy atom. The Bertz CT molecular complexity index is 535. The number of anilines is 1. The smallest absolute Gasteiger partial charge is 0.227 e. The van der Waals surface area contributed by atoms with Gasteiger partial charge in [-0.2, -0.15) is 0 Å². The largest absolute Gasteiger partial charge is 0.338 e. The van der Waals surface area contributed by atoms with Crippen LogP contribution in [-0.4, -0.2) is 31.3 Å². The van der Waals surface area contributed by atoms with Gasteiger partial charge >= 0.3 is 0 Å². The van der Waals surface area contributed by atoms with Gasteiger partial charge in [-0.25, -0.2) is 4.39 Å². The van der Waals surface area contributed by atoms with Crippen molar-refractivity contribution in [2.75, 3.05) is 31.1 Å². The summed E-state index contributed by atoms with van der Waals surface area (Å²) in [4.78, 5) is 2.13. The van der Waals surface area contributed by atoms with E-state index in [9.17, 15) is 4.39 Å². The van der Waals surface area contributed by atoms with Crippen LogP contribution in [-0.2, 0) is 0 Å². The summed E-state index contributed by atoms with van der Waals surface area (Å²) in [5.41, 5.74) is 1.41. The van der Waals surface area contributed by atoms with Crippen LogP contribution in [0.25, 0.3) is 11.3 Å². The molecule has 1 aromatic heterocycles. The molecule has 0 spiro atoms. The van der Waals surface area contributed by atoms with E-state index in [0.717, 1.165) is 37.6 Å². The molecular weight excluding hydrogens is 233 g/mol. The molecule has 1 aliphatic rings. The van der Waals surface area contributed by atoms with Crippen molar-refractivity contribution in [1.29, 1.82) is 0 Å². The Balaban J connectivity index is 1.84. The molecule has 0 radical (unpaired) electrons. The number of nitrogens with one attached hydrogen (secondary N) is 1. The number of aromatic nitrogens is 1. The summed E-state index contributed by atoms with van der Waals surface area (Å²) < 4.78 is 18.5. The van der Waals surface area contributed by atoms with Crippen molar-refractivity contribution >= 4 is 5.88 Å². The first-order valence-electron chi connectivity index (χ1n) is 6.01. The molecule has 0 amide bonds. The highest BCUT2D eigenvalue weighted by Gasteiger charge is 2.15. The molecule has 0 saturated carbocycles. The molecule has 5 heteroatoms. The van der Waals surface area contributed by atoms with E-state index in [-0.39, 0.29) is 5.82 Å². The maximum absolute atomic E-state index is 13.1. The maximum atomic E-state index is 13.1. The number of benzene rings is 1. The van der Waals surface area contributed by atoms with Gasteiger partial charge in [0.15, 0.2) is 0 Å². The predicted octanol–water partition coefficient (Wildman–Crippen LogP) is 1.89. The minimum atomic E-state index is -0.265. The van der Waals surface area contributed by atoms with Gasteiger partial charge in [-0.05, 0) is 12.1 Å². The third-order valence-corrected chi connectivity index (χ3v) is 3.05. The fraction of sp³-hybridized carbons (Fsp3) is 0.308. The molecule has 1 aromatic carbocycles. The Labute approximate surface area is 104 Å². The molecule has 0 atom stereocenters. The van der Waals surface area contributed by atoms with Gasteiger partial charge in [0.05, 0.1) is 0 Å². The number of rotatable bonds is 2. The van der Waals surface area contributed by atoms with Crippen molar-refractivity contribution in [2.45, 2.75) is 0 Å². The van der Waals surface area contributed by atoms with E-state index in [4.69, 9.17) is 4.52 Å². The standard InChI is InChI=1S/C13H14FN3O/c14-11-3-1-2-10(8-11)12-9-13(18-16-12)17-6-4-15-5-7-17/h1-3,8-9,15H,4-7H2. The maximum Gasteiger partial charge on any atom is 0.227 e. The fourth-order valence-corrected chi connectivity index (χ4v) is 2.08. The van der Waals surface area contributed by atoms with Crippen molar-refractivity contribution in [3.8, 4) is 11.3 Å². The number of hydrogen-bond donors (Lipinski definition) is 1. The van der Waals surface area contributed by atoms with Gasteiger partial charge in [-0.1, -0.05) is 17.3 Å². The van der Waals surface area contributed by atoms with Gasteiger partial charge in [0.2, 0.25) is 5.88 Å². The molecule has 2 aromatic rings. The summed E-state index contributed by atoms with van der Waals surface area (Å²) in [5, 5.41) is 7.28. The zero-order valence-electron chi connectivity index (χ0n) is 9.90. The van der Waals surface area contributed by atoms with Crippen LogP contribution in [0.3, 0.4) is 0 Å². The topological polar surface area (TPSA) is 41.3 Å². The summed E-state index contributed by atoms with van der Waals surface area (Å²) in [5.74, 6) is 0.481. The SMILES string of the molecule is Fc1cccc(-c2cc(N3CCNCC3)on2)c1. The van der Waals surface area contributed by atoms with E-state index in [1.165, 1.54) is 12.1 Å². The van der Waals surface area contributed by atoms with E-state index in [1.54, 1.807) is 6.07 Å². The zero-order chi connectivity index (χ0) is 12.4. The molecule has 3 rings (SSSR count). The lowest BCUT2D eigenvalue weighted by Crippen LogP contribution is -2.43. The lowest BCUT2D eigenvalue weighted by molar-refractivity contribution is 0.409. The van der Waals surface area contributed by atoms with Gasteiger partial charge in [0.1, 0.15) is 11.5 Å².